The zero-order valence-corrected chi connectivity index (χ0v) is 21.1. The largest absolute Gasteiger partial charge is 0.506 e. The fraction of sp³-hybridized carbons (Fsp3) is 0.423. The van der Waals surface area contributed by atoms with Gasteiger partial charge in [0.05, 0.1) is 25.4 Å². The van der Waals surface area contributed by atoms with Gasteiger partial charge in [0.1, 0.15) is 70.5 Å². The Hall–Kier alpha value is -3.51. The van der Waals surface area contributed by atoms with Gasteiger partial charge in [-0.15, -0.1) is 0 Å². The maximum Gasteiger partial charge on any atom is 0.229 e. The van der Waals surface area contributed by atoms with Crippen molar-refractivity contribution in [2.24, 2.45) is 0 Å². The number of benzene rings is 2. The smallest absolute Gasteiger partial charge is 0.229 e. The van der Waals surface area contributed by atoms with Crippen molar-refractivity contribution in [1.82, 2.24) is 0 Å². The number of phenols is 3. The Balaban J connectivity index is 1.69. The molecule has 8 atom stereocenters. The van der Waals surface area contributed by atoms with Crippen LogP contribution in [0.4, 0.5) is 0 Å². The van der Waals surface area contributed by atoms with E-state index in [1.54, 1.807) is 0 Å². The molecular weight excluding hydrogens is 552 g/mol. The molecule has 2 saturated heterocycles. The topological polar surface area (TPSA) is 260 Å². The molecule has 2 aromatic carbocycles. The molecule has 10 N–H and O–H groups in total. The third-order valence-corrected chi connectivity index (χ3v) is 7.25. The van der Waals surface area contributed by atoms with Gasteiger partial charge in [0, 0.05) is 17.7 Å². The van der Waals surface area contributed by atoms with Crippen LogP contribution in [0.2, 0.25) is 0 Å². The molecule has 3 aromatic rings. The lowest BCUT2D eigenvalue weighted by Crippen LogP contribution is -2.55. The van der Waals surface area contributed by atoms with Gasteiger partial charge in [0.15, 0.2) is 16.9 Å². The molecule has 2 fully saturated rings. The molecule has 222 valence electrons. The second kappa shape index (κ2) is 10.7. The molecule has 15 heteroatoms. The fourth-order valence-electron chi connectivity index (χ4n) is 4.85. The Bertz CT molecular complexity index is 1500. The third kappa shape index (κ3) is 4.86. The van der Waals surface area contributed by atoms with Crippen LogP contribution in [-0.4, -0.2) is 113 Å². The number of ether oxygens (including phenoxy) is 3. The van der Waals surface area contributed by atoms with Gasteiger partial charge in [-0.05, 0) is 18.2 Å². The summed E-state index contributed by atoms with van der Waals surface area (Å²) in [5.74, 6) is -2.30. The van der Waals surface area contributed by atoms with E-state index in [1.807, 2.05) is 0 Å². The highest BCUT2D eigenvalue weighted by Crippen LogP contribution is 2.46. The zero-order valence-electron chi connectivity index (χ0n) is 21.1. The molecule has 15 nitrogen and oxygen atoms in total. The first-order chi connectivity index (χ1) is 19.4. The Labute approximate surface area is 229 Å². The number of aliphatic hydroxyl groups excluding tert-OH is 6. The van der Waals surface area contributed by atoms with Crippen LogP contribution in [0.1, 0.15) is 11.7 Å². The Morgan fingerprint density at radius 1 is 0.951 bits per heavy atom. The van der Waals surface area contributed by atoms with E-state index in [2.05, 4.69) is 0 Å². The van der Waals surface area contributed by atoms with E-state index in [0.717, 1.165) is 24.3 Å². The summed E-state index contributed by atoms with van der Waals surface area (Å²) in [4.78, 5) is 13.2. The van der Waals surface area contributed by atoms with Crippen molar-refractivity contribution < 1.29 is 69.7 Å². The number of hydrogen-bond donors (Lipinski definition) is 10. The average molecular weight is 580 g/mol. The minimum absolute atomic E-state index is 0.101. The lowest BCUT2D eigenvalue weighted by Gasteiger charge is -2.40. The summed E-state index contributed by atoms with van der Waals surface area (Å²) >= 11 is 0. The third-order valence-electron chi connectivity index (χ3n) is 7.25. The maximum atomic E-state index is 13.2. The summed E-state index contributed by atoms with van der Waals surface area (Å²) in [5, 5.41) is 102. The van der Waals surface area contributed by atoms with Gasteiger partial charge in [0.2, 0.25) is 6.29 Å². The van der Waals surface area contributed by atoms with Crippen molar-refractivity contribution >= 4 is 11.0 Å². The van der Waals surface area contributed by atoms with E-state index >= 15 is 0 Å². The minimum Gasteiger partial charge on any atom is -0.506 e. The fourth-order valence-corrected chi connectivity index (χ4v) is 4.85. The summed E-state index contributed by atoms with van der Waals surface area (Å²) in [5.41, 5.74) is -3.50. The van der Waals surface area contributed by atoms with Crippen LogP contribution in [-0.2, 0) is 9.47 Å². The van der Waals surface area contributed by atoms with Crippen LogP contribution in [0.15, 0.2) is 39.5 Å². The molecular formula is C26H28O15. The monoisotopic (exact) mass is 580 g/mol. The van der Waals surface area contributed by atoms with Crippen molar-refractivity contribution in [2.75, 3.05) is 19.8 Å². The van der Waals surface area contributed by atoms with Gasteiger partial charge in [-0.2, -0.15) is 0 Å². The van der Waals surface area contributed by atoms with E-state index in [9.17, 15) is 55.9 Å². The molecule has 2 aliphatic rings. The van der Waals surface area contributed by atoms with Crippen LogP contribution in [0.3, 0.4) is 0 Å². The van der Waals surface area contributed by atoms with Crippen molar-refractivity contribution in [2.45, 2.75) is 48.5 Å². The van der Waals surface area contributed by atoms with E-state index in [1.165, 1.54) is 6.07 Å². The molecule has 3 heterocycles. The Morgan fingerprint density at radius 3 is 2.32 bits per heavy atom. The quantitative estimate of drug-likeness (QED) is 0.140. The molecule has 0 radical (unpaired) electrons. The predicted octanol–water partition coefficient (Wildman–Crippen LogP) is -2.09. The number of rotatable bonds is 6. The van der Waals surface area contributed by atoms with E-state index in [0.29, 0.717) is 0 Å². The number of phenolic OH excluding ortho intramolecular Hbond substituents is 3. The summed E-state index contributed by atoms with van der Waals surface area (Å²) in [6.07, 6.45) is -12.1. The molecule has 0 saturated carbocycles. The first kappa shape index (κ1) is 29.0. The van der Waals surface area contributed by atoms with Gasteiger partial charge >= 0.3 is 0 Å². The molecule has 0 unspecified atom stereocenters. The summed E-state index contributed by atoms with van der Waals surface area (Å²) in [6, 6.07) is 5.68. The zero-order chi connectivity index (χ0) is 29.8. The van der Waals surface area contributed by atoms with E-state index in [4.69, 9.17) is 18.6 Å². The molecule has 2 aliphatic heterocycles. The lowest BCUT2D eigenvalue weighted by molar-refractivity contribution is -0.232. The molecule has 41 heavy (non-hydrogen) atoms. The first-order valence-electron chi connectivity index (χ1n) is 12.4. The highest BCUT2D eigenvalue weighted by molar-refractivity contribution is 5.88. The number of aliphatic hydroxyl groups is 7. The second-order valence-electron chi connectivity index (χ2n) is 9.94. The van der Waals surface area contributed by atoms with E-state index < -0.39 is 108 Å². The molecule has 0 bridgehead atoms. The van der Waals surface area contributed by atoms with E-state index in [-0.39, 0.29) is 16.9 Å². The van der Waals surface area contributed by atoms with Gasteiger partial charge in [-0.3, -0.25) is 4.79 Å². The maximum absolute atomic E-state index is 13.2. The van der Waals surface area contributed by atoms with Gasteiger partial charge in [0.25, 0.3) is 0 Å². The average Bonchev–Trinajstić information content (AvgIpc) is 3.23. The Morgan fingerprint density at radius 2 is 1.68 bits per heavy atom. The standard InChI is InChI=1S/C26H28O15/c27-6-16-19(32)21(34)22(35)23(40-16)18-15(41-25-24(36)26(37,7-28)8-38-25)5-14-17(20(18)33)12(31)4-13(39-14)9-1-2-10(29)11(30)3-9/h1-5,16,19,21-25,27-30,32-37H,6-8H2/t16-,19-,21+,22-,23+,24+,25+,26+/m1/s1. The summed E-state index contributed by atoms with van der Waals surface area (Å²) in [6.45, 7) is -2.24. The van der Waals surface area contributed by atoms with Crippen LogP contribution < -0.4 is 10.2 Å². The highest BCUT2D eigenvalue weighted by atomic mass is 16.7. The van der Waals surface area contributed by atoms with Gasteiger partial charge < -0.3 is 69.7 Å². The molecule has 0 spiro atoms. The summed E-state index contributed by atoms with van der Waals surface area (Å²) in [7, 11) is 0. The van der Waals surface area contributed by atoms with Crippen LogP contribution >= 0.6 is 0 Å². The molecule has 5 rings (SSSR count). The van der Waals surface area contributed by atoms with Gasteiger partial charge in [-0.1, -0.05) is 0 Å². The van der Waals surface area contributed by atoms with Gasteiger partial charge in [-0.25, -0.2) is 0 Å². The highest BCUT2D eigenvalue weighted by Gasteiger charge is 2.51. The number of hydrogen-bond acceptors (Lipinski definition) is 15. The first-order valence-corrected chi connectivity index (χ1v) is 12.4. The van der Waals surface area contributed by atoms with Crippen molar-refractivity contribution in [1.29, 1.82) is 0 Å². The molecule has 0 aliphatic carbocycles. The van der Waals surface area contributed by atoms with Crippen LogP contribution in [0.5, 0.6) is 23.0 Å². The predicted molar refractivity (Wildman–Crippen MR) is 134 cm³/mol. The summed E-state index contributed by atoms with van der Waals surface area (Å²) < 4.78 is 22.4. The Kier molecular flexibility index (Phi) is 7.58. The number of fused-ring (bicyclic) bond motifs is 1. The SMILES string of the molecule is O=c1cc(-c2ccc(O)c(O)c2)oc2cc(O[C@@H]3OC[C@@](O)(CO)[C@H]3O)c([C@@H]3O[C@H](CO)[C@@H](O)[C@H](O)[C@H]3O)c(O)c12. The minimum atomic E-state index is -2.10. The van der Waals surface area contributed by atoms with Crippen molar-refractivity contribution in [3.63, 3.8) is 0 Å². The van der Waals surface area contributed by atoms with Crippen LogP contribution in [0, 0.1) is 0 Å². The normalized spacial score (nSPS) is 31.9. The molecule has 1 aromatic heterocycles. The second-order valence-corrected chi connectivity index (χ2v) is 9.94. The van der Waals surface area contributed by atoms with Crippen molar-refractivity contribution in [3.8, 4) is 34.3 Å². The number of aromatic hydroxyl groups is 3. The van der Waals surface area contributed by atoms with Crippen LogP contribution in [0.25, 0.3) is 22.3 Å². The molecule has 0 amide bonds. The van der Waals surface area contributed by atoms with Crippen molar-refractivity contribution in [3.05, 3.63) is 46.1 Å². The lowest BCUT2D eigenvalue weighted by atomic mass is 9.89.